The lowest BCUT2D eigenvalue weighted by atomic mass is 10.00. The average Bonchev–Trinajstić information content (AvgIpc) is 3.38. The number of carbonyl (C=O) groups is 2. The Kier molecular flexibility index (Phi) is 5.66. The fraction of sp³-hybridized carbons (Fsp3) is 0.500. The predicted octanol–water partition coefficient (Wildman–Crippen LogP) is 1.35. The van der Waals surface area contributed by atoms with Crippen LogP contribution in [0, 0.1) is 5.92 Å². The number of piperidine rings is 1. The molecule has 8 heteroatoms. The van der Waals surface area contributed by atoms with Crippen molar-refractivity contribution in [1.82, 2.24) is 25.6 Å². The second-order valence-electron chi connectivity index (χ2n) is 7.71. The third kappa shape index (κ3) is 5.16. The van der Waals surface area contributed by atoms with Crippen LogP contribution in [0.5, 0.6) is 0 Å². The molecule has 2 fully saturated rings. The van der Waals surface area contributed by atoms with E-state index in [1.54, 1.807) is 23.0 Å². The summed E-state index contributed by atoms with van der Waals surface area (Å²) in [4.78, 5) is 24.3. The van der Waals surface area contributed by atoms with E-state index < -0.39 is 0 Å². The molecule has 1 saturated heterocycles. The minimum Gasteiger partial charge on any atom is -0.353 e. The molecule has 0 bridgehead atoms. The predicted molar refractivity (Wildman–Crippen MR) is 105 cm³/mol. The quantitative estimate of drug-likeness (QED) is 0.671. The summed E-state index contributed by atoms with van der Waals surface area (Å²) in [6.45, 7) is 2.82. The van der Waals surface area contributed by atoms with Gasteiger partial charge in [-0.25, -0.2) is 0 Å². The molecule has 1 aliphatic carbocycles. The minimum atomic E-state index is -0.285. The van der Waals surface area contributed by atoms with Crippen molar-refractivity contribution in [3.63, 3.8) is 0 Å². The SMILES string of the molecule is O=C(Cc1ccc(NC(=O)c2cn(CC3CCCNC3)nn2)cc1)NC1CC1. The van der Waals surface area contributed by atoms with Crippen molar-refractivity contribution in [2.45, 2.75) is 44.7 Å². The monoisotopic (exact) mass is 382 g/mol. The number of nitrogens with zero attached hydrogens (tertiary/aromatic N) is 3. The van der Waals surface area contributed by atoms with Crippen molar-refractivity contribution >= 4 is 17.5 Å². The van der Waals surface area contributed by atoms with Crippen molar-refractivity contribution in [1.29, 1.82) is 0 Å². The van der Waals surface area contributed by atoms with Gasteiger partial charge < -0.3 is 16.0 Å². The number of carbonyl (C=O) groups excluding carboxylic acids is 2. The Morgan fingerprint density at radius 2 is 2.00 bits per heavy atom. The highest BCUT2D eigenvalue weighted by Gasteiger charge is 2.23. The first-order valence-electron chi connectivity index (χ1n) is 9.96. The first kappa shape index (κ1) is 18.6. The zero-order valence-corrected chi connectivity index (χ0v) is 15.9. The van der Waals surface area contributed by atoms with Crippen molar-refractivity contribution in [3.05, 3.63) is 41.7 Å². The maximum Gasteiger partial charge on any atom is 0.277 e. The minimum absolute atomic E-state index is 0.0454. The highest BCUT2D eigenvalue weighted by Crippen LogP contribution is 2.19. The van der Waals surface area contributed by atoms with Crippen LogP contribution < -0.4 is 16.0 Å². The molecule has 1 aliphatic heterocycles. The zero-order valence-electron chi connectivity index (χ0n) is 15.9. The normalized spacial score (nSPS) is 19.2. The number of nitrogens with one attached hydrogen (secondary N) is 3. The Labute approximate surface area is 164 Å². The van der Waals surface area contributed by atoms with E-state index >= 15 is 0 Å². The number of hydrogen-bond acceptors (Lipinski definition) is 5. The highest BCUT2D eigenvalue weighted by molar-refractivity contribution is 6.02. The molecule has 2 aliphatic rings. The lowest BCUT2D eigenvalue weighted by molar-refractivity contribution is -0.120. The molecule has 2 aromatic rings. The first-order valence-corrected chi connectivity index (χ1v) is 9.96. The fourth-order valence-corrected chi connectivity index (χ4v) is 3.43. The summed E-state index contributed by atoms with van der Waals surface area (Å²) >= 11 is 0. The van der Waals surface area contributed by atoms with E-state index in [9.17, 15) is 9.59 Å². The molecular weight excluding hydrogens is 356 g/mol. The number of aromatic nitrogens is 3. The molecule has 0 spiro atoms. The van der Waals surface area contributed by atoms with E-state index in [-0.39, 0.29) is 11.8 Å². The Bertz CT molecular complexity index is 821. The maximum atomic E-state index is 12.4. The molecule has 148 valence electrons. The van der Waals surface area contributed by atoms with E-state index in [0.29, 0.717) is 29.8 Å². The van der Waals surface area contributed by atoms with Gasteiger partial charge in [-0.2, -0.15) is 0 Å². The van der Waals surface area contributed by atoms with Gasteiger partial charge in [0.1, 0.15) is 0 Å². The lowest BCUT2D eigenvalue weighted by Gasteiger charge is -2.22. The first-order chi connectivity index (χ1) is 13.7. The summed E-state index contributed by atoms with van der Waals surface area (Å²) in [6, 6.07) is 7.68. The van der Waals surface area contributed by atoms with Crippen molar-refractivity contribution in [2.24, 2.45) is 5.92 Å². The van der Waals surface area contributed by atoms with Crippen LogP contribution in [0.15, 0.2) is 30.5 Å². The van der Waals surface area contributed by atoms with Gasteiger partial charge in [-0.1, -0.05) is 17.3 Å². The van der Waals surface area contributed by atoms with Crippen molar-refractivity contribution in [2.75, 3.05) is 18.4 Å². The average molecular weight is 382 g/mol. The van der Waals surface area contributed by atoms with Crippen LogP contribution in [-0.4, -0.2) is 45.9 Å². The van der Waals surface area contributed by atoms with Gasteiger partial charge >= 0.3 is 0 Å². The largest absolute Gasteiger partial charge is 0.353 e. The molecule has 1 unspecified atom stereocenters. The Balaban J connectivity index is 1.28. The summed E-state index contributed by atoms with van der Waals surface area (Å²) in [5.41, 5.74) is 1.89. The standard InChI is InChI=1S/C20H26N6O2/c27-19(22-16-7-8-16)10-14-3-5-17(6-4-14)23-20(28)18-13-26(25-24-18)12-15-2-1-9-21-11-15/h3-6,13,15-16,21H,1-2,7-12H2,(H,22,27)(H,23,28). The molecule has 3 N–H and O–H groups in total. The number of amides is 2. The van der Waals surface area contributed by atoms with Gasteiger partial charge in [0.25, 0.3) is 5.91 Å². The third-order valence-corrected chi connectivity index (χ3v) is 5.13. The van der Waals surface area contributed by atoms with Gasteiger partial charge in [-0.05, 0) is 62.4 Å². The van der Waals surface area contributed by atoms with E-state index in [0.717, 1.165) is 38.0 Å². The van der Waals surface area contributed by atoms with Crippen molar-refractivity contribution < 1.29 is 9.59 Å². The summed E-state index contributed by atoms with van der Waals surface area (Å²) < 4.78 is 1.74. The molecule has 4 rings (SSSR count). The van der Waals surface area contributed by atoms with E-state index in [2.05, 4.69) is 26.3 Å². The lowest BCUT2D eigenvalue weighted by Crippen LogP contribution is -2.32. The Hall–Kier alpha value is -2.74. The zero-order chi connectivity index (χ0) is 19.3. The third-order valence-electron chi connectivity index (χ3n) is 5.13. The van der Waals surface area contributed by atoms with Crippen LogP contribution in [0.4, 0.5) is 5.69 Å². The molecule has 8 nitrogen and oxygen atoms in total. The maximum absolute atomic E-state index is 12.4. The smallest absolute Gasteiger partial charge is 0.277 e. The van der Waals surface area contributed by atoms with Crippen molar-refractivity contribution in [3.8, 4) is 0 Å². The fourth-order valence-electron chi connectivity index (χ4n) is 3.43. The van der Waals surface area contributed by atoms with Gasteiger partial charge in [0.2, 0.25) is 5.91 Å². The second kappa shape index (κ2) is 8.52. The molecule has 1 atom stereocenters. The van der Waals surface area contributed by atoms with Gasteiger partial charge in [-0.15, -0.1) is 5.10 Å². The highest BCUT2D eigenvalue weighted by atomic mass is 16.2. The Morgan fingerprint density at radius 1 is 1.18 bits per heavy atom. The van der Waals surface area contributed by atoms with Crippen LogP contribution in [0.3, 0.4) is 0 Å². The van der Waals surface area contributed by atoms with E-state index in [1.807, 2.05) is 12.1 Å². The summed E-state index contributed by atoms with van der Waals surface area (Å²) in [6.07, 6.45) is 6.55. The molecule has 2 amide bonds. The van der Waals surface area contributed by atoms with Crippen LogP contribution in [0.2, 0.25) is 0 Å². The Morgan fingerprint density at radius 3 is 2.71 bits per heavy atom. The summed E-state index contributed by atoms with van der Waals surface area (Å²) in [5, 5.41) is 17.3. The molecule has 0 radical (unpaired) electrons. The molecule has 1 saturated carbocycles. The van der Waals surface area contributed by atoms with Crippen LogP contribution >= 0.6 is 0 Å². The number of rotatable bonds is 7. The van der Waals surface area contributed by atoms with Crippen LogP contribution in [0.1, 0.15) is 41.7 Å². The van der Waals surface area contributed by atoms with E-state index in [4.69, 9.17) is 0 Å². The number of benzene rings is 1. The number of hydrogen-bond donors (Lipinski definition) is 3. The molecular formula is C20H26N6O2. The van der Waals surface area contributed by atoms with Gasteiger partial charge in [0.15, 0.2) is 5.69 Å². The summed E-state index contributed by atoms with van der Waals surface area (Å²) in [5.74, 6) is 0.285. The van der Waals surface area contributed by atoms with Gasteiger partial charge in [-0.3, -0.25) is 14.3 Å². The molecule has 28 heavy (non-hydrogen) atoms. The van der Waals surface area contributed by atoms with E-state index in [1.165, 1.54) is 12.8 Å². The topological polar surface area (TPSA) is 101 Å². The molecule has 1 aromatic carbocycles. The second-order valence-corrected chi connectivity index (χ2v) is 7.71. The van der Waals surface area contributed by atoms with Crippen LogP contribution in [0.25, 0.3) is 0 Å². The summed E-state index contributed by atoms with van der Waals surface area (Å²) in [7, 11) is 0. The van der Waals surface area contributed by atoms with Gasteiger partial charge in [0, 0.05) is 18.3 Å². The van der Waals surface area contributed by atoms with Gasteiger partial charge in [0.05, 0.1) is 12.6 Å². The number of anilines is 1. The molecule has 2 heterocycles. The molecule has 1 aromatic heterocycles. The van der Waals surface area contributed by atoms with Crippen LogP contribution in [-0.2, 0) is 17.8 Å².